The number of nitrogens with zero attached hydrogens (tertiary/aromatic N) is 2. The first-order valence-electron chi connectivity index (χ1n) is 7.10. The highest BCUT2D eigenvalue weighted by molar-refractivity contribution is 7.19. The number of rotatable bonds is 3. The van der Waals surface area contributed by atoms with Crippen LogP contribution in [-0.2, 0) is 12.8 Å². The summed E-state index contributed by atoms with van der Waals surface area (Å²) in [6, 6.07) is 14.3. The molecular formula is C17H13N3OS. The molecule has 4 nitrogen and oxygen atoms in total. The lowest BCUT2D eigenvalue weighted by Gasteiger charge is -2.02. The number of nitrogens with one attached hydrogen (secondary N) is 1. The monoisotopic (exact) mass is 307 g/mol. The van der Waals surface area contributed by atoms with Gasteiger partial charge in [-0.25, -0.2) is 5.10 Å². The van der Waals surface area contributed by atoms with Crippen molar-refractivity contribution in [3.63, 3.8) is 0 Å². The molecule has 1 N–H and O–H groups in total. The van der Waals surface area contributed by atoms with Gasteiger partial charge in [0, 0.05) is 16.0 Å². The Hall–Kier alpha value is -2.53. The number of aromatic amines is 1. The number of hydrogen-bond acceptors (Lipinski definition) is 4. The molecule has 22 heavy (non-hydrogen) atoms. The number of hydrogen-bond donors (Lipinski definition) is 1. The van der Waals surface area contributed by atoms with Gasteiger partial charge in [-0.3, -0.25) is 9.78 Å². The second-order valence-corrected chi connectivity index (χ2v) is 6.35. The number of para-hydroxylation sites is 1. The van der Waals surface area contributed by atoms with Crippen LogP contribution in [0.5, 0.6) is 0 Å². The van der Waals surface area contributed by atoms with Crippen LogP contribution in [0.4, 0.5) is 0 Å². The van der Waals surface area contributed by atoms with Crippen molar-refractivity contribution in [3.8, 4) is 0 Å². The largest absolute Gasteiger partial charge is 0.272 e. The maximum Gasteiger partial charge on any atom is 0.272 e. The van der Waals surface area contributed by atoms with Gasteiger partial charge in [-0.05, 0) is 31.0 Å². The Kier molecular flexibility index (Phi) is 3.20. The van der Waals surface area contributed by atoms with Crippen molar-refractivity contribution < 1.29 is 0 Å². The maximum atomic E-state index is 11.7. The van der Waals surface area contributed by atoms with E-state index in [1.165, 1.54) is 4.88 Å². The third kappa shape index (κ3) is 2.40. The van der Waals surface area contributed by atoms with E-state index in [2.05, 4.69) is 33.4 Å². The summed E-state index contributed by atoms with van der Waals surface area (Å²) in [5, 5.41) is 8.19. The number of pyridine rings is 1. The molecule has 108 valence electrons. The molecule has 0 aliphatic rings. The Balaban J connectivity index is 1.59. The van der Waals surface area contributed by atoms with E-state index < -0.39 is 0 Å². The first-order valence-corrected chi connectivity index (χ1v) is 7.92. The Morgan fingerprint density at radius 3 is 2.91 bits per heavy atom. The number of aryl methyl sites for hydroxylation is 2. The molecule has 5 heteroatoms. The molecule has 0 unspecified atom stereocenters. The molecule has 3 heterocycles. The molecular weight excluding hydrogens is 294 g/mol. The SMILES string of the molecule is O=c1[nH]ncc2sc(CCc3ccc4ccccc4n3)cc12. The van der Waals surface area contributed by atoms with Crippen LogP contribution >= 0.6 is 11.3 Å². The predicted octanol–water partition coefficient (Wildman–Crippen LogP) is 3.32. The van der Waals surface area contributed by atoms with E-state index >= 15 is 0 Å². The smallest absolute Gasteiger partial charge is 0.267 e. The molecule has 1 aromatic carbocycles. The van der Waals surface area contributed by atoms with E-state index in [0.717, 1.165) is 39.5 Å². The fourth-order valence-electron chi connectivity index (χ4n) is 2.56. The molecule has 0 amide bonds. The Labute approximate surface area is 130 Å². The highest BCUT2D eigenvalue weighted by Crippen LogP contribution is 2.23. The van der Waals surface area contributed by atoms with E-state index in [1.807, 2.05) is 24.3 Å². The Morgan fingerprint density at radius 2 is 2.00 bits per heavy atom. The van der Waals surface area contributed by atoms with Crippen LogP contribution in [0, 0.1) is 0 Å². The maximum absolute atomic E-state index is 11.7. The van der Waals surface area contributed by atoms with Gasteiger partial charge >= 0.3 is 0 Å². The standard InChI is InChI=1S/C17H13N3OS/c21-17-14-9-13(22-16(14)10-18-20-17)8-7-12-6-5-11-3-1-2-4-15(11)19-12/h1-6,9-10H,7-8H2,(H,20,21). The molecule has 4 rings (SSSR count). The Bertz CT molecular complexity index is 1020. The van der Waals surface area contributed by atoms with Crippen LogP contribution in [0.2, 0.25) is 0 Å². The molecule has 0 spiro atoms. The minimum atomic E-state index is -0.121. The number of benzene rings is 1. The van der Waals surface area contributed by atoms with Crippen molar-refractivity contribution in [1.29, 1.82) is 0 Å². The van der Waals surface area contributed by atoms with Crippen LogP contribution in [0.1, 0.15) is 10.6 Å². The molecule has 0 saturated heterocycles. The summed E-state index contributed by atoms with van der Waals surface area (Å²) < 4.78 is 0.935. The minimum absolute atomic E-state index is 0.121. The summed E-state index contributed by atoms with van der Waals surface area (Å²) in [6.07, 6.45) is 3.45. The second-order valence-electron chi connectivity index (χ2n) is 5.19. The van der Waals surface area contributed by atoms with Gasteiger partial charge in [0.1, 0.15) is 0 Å². The average Bonchev–Trinajstić information content (AvgIpc) is 2.97. The van der Waals surface area contributed by atoms with Gasteiger partial charge in [0.2, 0.25) is 0 Å². The lowest BCUT2D eigenvalue weighted by molar-refractivity contribution is 0.939. The summed E-state index contributed by atoms with van der Waals surface area (Å²) in [7, 11) is 0. The zero-order chi connectivity index (χ0) is 14.9. The van der Waals surface area contributed by atoms with E-state index in [1.54, 1.807) is 17.5 Å². The van der Waals surface area contributed by atoms with Gasteiger partial charge in [0.05, 0.1) is 21.8 Å². The van der Waals surface area contributed by atoms with Crippen LogP contribution in [0.3, 0.4) is 0 Å². The third-order valence-corrected chi connectivity index (χ3v) is 4.82. The second kappa shape index (κ2) is 5.35. The van der Waals surface area contributed by atoms with E-state index in [4.69, 9.17) is 0 Å². The number of H-pyrrole nitrogens is 1. The van der Waals surface area contributed by atoms with Crippen molar-refractivity contribution >= 4 is 32.3 Å². The summed E-state index contributed by atoms with van der Waals surface area (Å²) in [6.45, 7) is 0. The van der Waals surface area contributed by atoms with Gasteiger partial charge in [-0.15, -0.1) is 11.3 Å². The van der Waals surface area contributed by atoms with E-state index in [0.29, 0.717) is 0 Å². The summed E-state index contributed by atoms with van der Waals surface area (Å²) in [4.78, 5) is 17.6. The molecule has 0 aliphatic heterocycles. The quantitative estimate of drug-likeness (QED) is 0.631. The van der Waals surface area contributed by atoms with Crippen LogP contribution in [0.25, 0.3) is 21.0 Å². The fraction of sp³-hybridized carbons (Fsp3) is 0.118. The lowest BCUT2D eigenvalue weighted by Crippen LogP contribution is -2.05. The normalized spacial score (nSPS) is 11.3. The van der Waals surface area contributed by atoms with Gasteiger partial charge in [0.15, 0.2) is 0 Å². The number of fused-ring (bicyclic) bond motifs is 2. The minimum Gasteiger partial charge on any atom is -0.267 e. The molecule has 0 radical (unpaired) electrons. The van der Waals surface area contributed by atoms with Crippen molar-refractivity contribution in [2.45, 2.75) is 12.8 Å². The van der Waals surface area contributed by atoms with Gasteiger partial charge < -0.3 is 0 Å². The van der Waals surface area contributed by atoms with Crippen LogP contribution in [0.15, 0.2) is 53.5 Å². The Morgan fingerprint density at radius 1 is 1.09 bits per heavy atom. The van der Waals surface area contributed by atoms with Crippen LogP contribution in [-0.4, -0.2) is 15.2 Å². The zero-order valence-electron chi connectivity index (χ0n) is 11.7. The molecule has 0 bridgehead atoms. The summed E-state index contributed by atoms with van der Waals surface area (Å²) in [5.41, 5.74) is 1.98. The van der Waals surface area contributed by atoms with Gasteiger partial charge in [-0.2, -0.15) is 5.10 Å². The fourth-order valence-corrected chi connectivity index (χ4v) is 3.59. The van der Waals surface area contributed by atoms with Crippen LogP contribution < -0.4 is 5.56 Å². The summed E-state index contributed by atoms with van der Waals surface area (Å²) >= 11 is 1.62. The van der Waals surface area contributed by atoms with E-state index in [9.17, 15) is 4.79 Å². The molecule has 3 aromatic heterocycles. The van der Waals surface area contributed by atoms with Crippen molar-refractivity contribution in [2.24, 2.45) is 0 Å². The van der Waals surface area contributed by atoms with Crippen molar-refractivity contribution in [2.75, 3.05) is 0 Å². The molecule has 0 atom stereocenters. The number of aromatic nitrogens is 3. The first-order chi connectivity index (χ1) is 10.8. The molecule has 0 fully saturated rings. The van der Waals surface area contributed by atoms with Gasteiger partial charge in [0.25, 0.3) is 5.56 Å². The average molecular weight is 307 g/mol. The summed E-state index contributed by atoms with van der Waals surface area (Å²) in [5.74, 6) is 0. The highest BCUT2D eigenvalue weighted by Gasteiger charge is 2.06. The predicted molar refractivity (Wildman–Crippen MR) is 89.4 cm³/mol. The molecule has 0 saturated carbocycles. The van der Waals surface area contributed by atoms with E-state index in [-0.39, 0.29) is 5.56 Å². The lowest BCUT2D eigenvalue weighted by atomic mass is 10.1. The molecule has 4 aromatic rings. The number of thiophene rings is 1. The zero-order valence-corrected chi connectivity index (χ0v) is 12.6. The van der Waals surface area contributed by atoms with Crippen molar-refractivity contribution in [3.05, 3.63) is 69.6 Å². The topological polar surface area (TPSA) is 58.6 Å². The molecule has 0 aliphatic carbocycles. The third-order valence-electron chi connectivity index (χ3n) is 3.69. The van der Waals surface area contributed by atoms with Gasteiger partial charge in [-0.1, -0.05) is 24.3 Å². The van der Waals surface area contributed by atoms with Crippen molar-refractivity contribution in [1.82, 2.24) is 15.2 Å². The highest BCUT2D eigenvalue weighted by atomic mass is 32.1. The first kappa shape index (κ1) is 13.2.